The third-order valence-corrected chi connectivity index (χ3v) is 3.18. The minimum atomic E-state index is 0.618. The molecule has 20 heavy (non-hydrogen) atoms. The largest absolute Gasteiger partial charge is 0.381 e. The van der Waals surface area contributed by atoms with Gasteiger partial charge >= 0.3 is 0 Å². The molecule has 108 valence electrons. The van der Waals surface area contributed by atoms with Gasteiger partial charge < -0.3 is 10.1 Å². The number of pyridine rings is 1. The van der Waals surface area contributed by atoms with Crippen LogP contribution < -0.4 is 5.32 Å². The first-order chi connectivity index (χ1) is 9.77. The van der Waals surface area contributed by atoms with Crippen LogP contribution in [0.5, 0.6) is 0 Å². The number of aromatic nitrogens is 1. The van der Waals surface area contributed by atoms with Crippen molar-refractivity contribution in [3.63, 3.8) is 0 Å². The fourth-order valence-electron chi connectivity index (χ4n) is 2.19. The van der Waals surface area contributed by atoms with Gasteiger partial charge in [-0.1, -0.05) is 32.0 Å². The number of nitrogens with one attached hydrogen (secondary N) is 1. The monoisotopic (exact) mass is 272 g/mol. The van der Waals surface area contributed by atoms with Gasteiger partial charge in [0, 0.05) is 37.5 Å². The highest BCUT2D eigenvalue weighted by Crippen LogP contribution is 2.16. The zero-order chi connectivity index (χ0) is 14.2. The summed E-state index contributed by atoms with van der Waals surface area (Å²) in [4.78, 5) is 4.16. The van der Waals surface area contributed by atoms with E-state index in [9.17, 15) is 0 Å². The van der Waals surface area contributed by atoms with Crippen molar-refractivity contribution in [3.8, 4) is 0 Å². The van der Waals surface area contributed by atoms with Crippen molar-refractivity contribution in [2.75, 3.05) is 19.8 Å². The molecule has 0 atom stereocenters. The van der Waals surface area contributed by atoms with E-state index in [1.165, 1.54) is 16.3 Å². The van der Waals surface area contributed by atoms with Gasteiger partial charge in [0.1, 0.15) is 0 Å². The maximum atomic E-state index is 5.57. The van der Waals surface area contributed by atoms with Gasteiger partial charge in [-0.2, -0.15) is 0 Å². The van der Waals surface area contributed by atoms with Gasteiger partial charge in [-0.3, -0.25) is 4.98 Å². The average molecular weight is 272 g/mol. The normalized spacial score (nSPS) is 11.3. The third-order valence-electron chi connectivity index (χ3n) is 3.18. The quantitative estimate of drug-likeness (QED) is 0.748. The second kappa shape index (κ2) is 7.98. The molecular weight excluding hydrogens is 248 g/mol. The molecule has 0 spiro atoms. The highest BCUT2D eigenvalue weighted by Gasteiger charge is 2.00. The molecule has 0 unspecified atom stereocenters. The number of ether oxygens (including phenoxy) is 1. The number of nitrogens with zero attached hydrogens (tertiary/aromatic N) is 1. The summed E-state index contributed by atoms with van der Waals surface area (Å²) >= 11 is 0. The van der Waals surface area contributed by atoms with Crippen LogP contribution in [0.15, 0.2) is 36.7 Å². The third kappa shape index (κ3) is 4.58. The fraction of sp³-hybridized carbons (Fsp3) is 0.471. The maximum Gasteiger partial charge on any atom is 0.0489 e. The van der Waals surface area contributed by atoms with Crippen LogP contribution in [0.1, 0.15) is 25.8 Å². The summed E-state index contributed by atoms with van der Waals surface area (Å²) in [6, 6.07) is 8.45. The van der Waals surface area contributed by atoms with E-state index in [4.69, 9.17) is 4.74 Å². The molecule has 0 bridgehead atoms. The molecule has 1 aromatic heterocycles. The van der Waals surface area contributed by atoms with E-state index in [2.05, 4.69) is 48.4 Å². The van der Waals surface area contributed by atoms with Crippen molar-refractivity contribution in [1.29, 1.82) is 0 Å². The van der Waals surface area contributed by atoms with Crippen molar-refractivity contribution in [2.24, 2.45) is 5.92 Å². The van der Waals surface area contributed by atoms with Crippen LogP contribution in [0.3, 0.4) is 0 Å². The first-order valence-corrected chi connectivity index (χ1v) is 7.37. The van der Waals surface area contributed by atoms with E-state index in [-0.39, 0.29) is 0 Å². The molecule has 1 heterocycles. The Hall–Kier alpha value is -1.45. The highest BCUT2D eigenvalue weighted by molar-refractivity contribution is 5.84. The predicted molar refractivity (Wildman–Crippen MR) is 83.7 cm³/mol. The van der Waals surface area contributed by atoms with Gasteiger partial charge in [0.05, 0.1) is 0 Å². The summed E-state index contributed by atoms with van der Waals surface area (Å²) in [5.74, 6) is 0.618. The zero-order valence-corrected chi connectivity index (χ0v) is 12.4. The Morgan fingerprint density at radius 3 is 3.00 bits per heavy atom. The number of benzene rings is 1. The molecule has 0 saturated heterocycles. The Bertz CT molecular complexity index is 520. The predicted octanol–water partition coefficient (Wildman–Crippen LogP) is 3.39. The van der Waals surface area contributed by atoms with Crippen molar-refractivity contribution in [3.05, 3.63) is 42.2 Å². The van der Waals surface area contributed by atoms with Gasteiger partial charge in [-0.15, -0.1) is 0 Å². The van der Waals surface area contributed by atoms with Gasteiger partial charge in [-0.05, 0) is 35.9 Å². The second-order valence-corrected chi connectivity index (χ2v) is 5.51. The van der Waals surface area contributed by atoms with E-state index < -0.39 is 0 Å². The summed E-state index contributed by atoms with van der Waals surface area (Å²) in [5, 5.41) is 5.97. The Morgan fingerprint density at radius 1 is 1.25 bits per heavy atom. The van der Waals surface area contributed by atoms with E-state index in [0.29, 0.717) is 5.92 Å². The van der Waals surface area contributed by atoms with Crippen molar-refractivity contribution in [2.45, 2.75) is 26.8 Å². The molecule has 0 radical (unpaired) electrons. The molecule has 0 fully saturated rings. The molecule has 3 nitrogen and oxygen atoms in total. The van der Waals surface area contributed by atoms with Gasteiger partial charge in [0.15, 0.2) is 0 Å². The molecular formula is C17H24N2O. The molecule has 0 aliphatic carbocycles. The van der Waals surface area contributed by atoms with Crippen LogP contribution >= 0.6 is 0 Å². The second-order valence-electron chi connectivity index (χ2n) is 5.51. The number of hydrogen-bond donors (Lipinski definition) is 1. The molecule has 0 aliphatic rings. The minimum Gasteiger partial charge on any atom is -0.381 e. The van der Waals surface area contributed by atoms with Crippen LogP contribution in [-0.2, 0) is 11.3 Å². The van der Waals surface area contributed by atoms with Gasteiger partial charge in [0.25, 0.3) is 0 Å². The summed E-state index contributed by atoms with van der Waals surface area (Å²) < 4.78 is 5.57. The summed E-state index contributed by atoms with van der Waals surface area (Å²) in [6.07, 6.45) is 4.82. The number of fused-ring (bicyclic) bond motifs is 1. The molecule has 3 heteroatoms. The van der Waals surface area contributed by atoms with Crippen LogP contribution in [0.25, 0.3) is 10.8 Å². The van der Waals surface area contributed by atoms with Crippen molar-refractivity contribution >= 4 is 10.8 Å². The van der Waals surface area contributed by atoms with Crippen LogP contribution in [0, 0.1) is 5.92 Å². The molecule has 1 aromatic carbocycles. The minimum absolute atomic E-state index is 0.618. The van der Waals surface area contributed by atoms with Gasteiger partial charge in [-0.25, -0.2) is 0 Å². The van der Waals surface area contributed by atoms with E-state index in [1.54, 1.807) is 0 Å². The molecule has 2 rings (SSSR count). The molecule has 2 aromatic rings. The first-order valence-electron chi connectivity index (χ1n) is 7.37. The van der Waals surface area contributed by atoms with E-state index in [1.807, 2.05) is 12.4 Å². The topological polar surface area (TPSA) is 34.1 Å². The maximum absolute atomic E-state index is 5.57. The Kier molecular flexibility index (Phi) is 5.96. The first kappa shape index (κ1) is 14.9. The number of rotatable bonds is 8. The fourth-order valence-corrected chi connectivity index (χ4v) is 2.19. The Morgan fingerprint density at radius 2 is 2.15 bits per heavy atom. The number of hydrogen-bond acceptors (Lipinski definition) is 3. The molecule has 1 N–H and O–H groups in total. The lowest BCUT2D eigenvalue weighted by molar-refractivity contribution is 0.108. The molecule has 0 amide bonds. The van der Waals surface area contributed by atoms with Crippen molar-refractivity contribution in [1.82, 2.24) is 10.3 Å². The zero-order valence-electron chi connectivity index (χ0n) is 12.4. The molecule has 0 aliphatic heterocycles. The summed E-state index contributed by atoms with van der Waals surface area (Å²) in [7, 11) is 0. The summed E-state index contributed by atoms with van der Waals surface area (Å²) in [6.45, 7) is 7.92. The SMILES string of the molecule is CC(C)COCCCNCc1cccc2cnccc12. The van der Waals surface area contributed by atoms with E-state index >= 15 is 0 Å². The average Bonchev–Trinajstić information content (AvgIpc) is 2.46. The van der Waals surface area contributed by atoms with Crippen LogP contribution in [0.2, 0.25) is 0 Å². The van der Waals surface area contributed by atoms with E-state index in [0.717, 1.165) is 32.7 Å². The standard InChI is InChI=1S/C17H24N2O/c1-14(2)13-20-10-4-8-18-11-15-5-3-6-16-12-19-9-7-17(15)16/h3,5-7,9,12,14,18H,4,8,10-11,13H2,1-2H3. The highest BCUT2D eigenvalue weighted by atomic mass is 16.5. The van der Waals surface area contributed by atoms with Gasteiger partial charge in [0.2, 0.25) is 0 Å². The van der Waals surface area contributed by atoms with Crippen LogP contribution in [-0.4, -0.2) is 24.7 Å². The Labute approximate surface area is 121 Å². The molecule has 0 saturated carbocycles. The lowest BCUT2D eigenvalue weighted by Crippen LogP contribution is -2.17. The lowest BCUT2D eigenvalue weighted by Gasteiger charge is -2.09. The Balaban J connectivity index is 1.73. The lowest BCUT2D eigenvalue weighted by atomic mass is 10.1. The van der Waals surface area contributed by atoms with Crippen molar-refractivity contribution < 1.29 is 4.74 Å². The summed E-state index contributed by atoms with van der Waals surface area (Å²) in [5.41, 5.74) is 1.33. The van der Waals surface area contributed by atoms with Crippen LogP contribution in [0.4, 0.5) is 0 Å². The smallest absolute Gasteiger partial charge is 0.0489 e.